The number of nitrogens with zero attached hydrogens (tertiary/aromatic N) is 2. The molecule has 0 saturated heterocycles. The van der Waals surface area contributed by atoms with E-state index in [2.05, 4.69) is 15.3 Å². The van der Waals surface area contributed by atoms with Gasteiger partial charge in [0.25, 0.3) is 0 Å². The maximum Gasteiger partial charge on any atom is 0.198 e. The third-order valence-electron chi connectivity index (χ3n) is 2.41. The second-order valence-electron chi connectivity index (χ2n) is 3.32. The van der Waals surface area contributed by atoms with E-state index in [-0.39, 0.29) is 0 Å². The van der Waals surface area contributed by atoms with Crippen molar-refractivity contribution in [1.82, 2.24) is 9.97 Å². The Morgan fingerprint density at radius 2 is 2.29 bits per heavy atom. The van der Waals surface area contributed by atoms with Crippen LogP contribution in [0, 0.1) is 0 Å². The minimum atomic E-state index is 0.351. The zero-order valence-electron chi connectivity index (χ0n) is 7.96. The zero-order chi connectivity index (χ0) is 9.97. The van der Waals surface area contributed by atoms with Gasteiger partial charge in [0, 0.05) is 6.04 Å². The molecule has 76 valence electrons. The summed E-state index contributed by atoms with van der Waals surface area (Å²) in [6, 6.07) is 0.509. The van der Waals surface area contributed by atoms with Crippen LogP contribution in [0.4, 0.5) is 5.82 Å². The SMILES string of the molecule is COc1c(Cl)ncnc1NC1CCC1. The molecule has 1 aliphatic carbocycles. The van der Waals surface area contributed by atoms with E-state index in [1.807, 2.05) is 0 Å². The third-order valence-corrected chi connectivity index (χ3v) is 2.68. The number of hydrogen-bond donors (Lipinski definition) is 1. The highest BCUT2D eigenvalue weighted by atomic mass is 35.5. The highest BCUT2D eigenvalue weighted by molar-refractivity contribution is 6.31. The number of anilines is 1. The van der Waals surface area contributed by atoms with Crippen LogP contribution in [-0.4, -0.2) is 23.1 Å². The lowest BCUT2D eigenvalue weighted by Crippen LogP contribution is -2.27. The van der Waals surface area contributed by atoms with E-state index in [9.17, 15) is 0 Å². The van der Waals surface area contributed by atoms with Crippen molar-refractivity contribution in [3.8, 4) is 5.75 Å². The fourth-order valence-electron chi connectivity index (χ4n) is 1.38. The molecule has 1 aliphatic rings. The first-order chi connectivity index (χ1) is 6.81. The molecule has 5 heteroatoms. The van der Waals surface area contributed by atoms with Crippen molar-refractivity contribution in [2.45, 2.75) is 25.3 Å². The average molecular weight is 214 g/mol. The van der Waals surface area contributed by atoms with Crippen molar-refractivity contribution in [1.29, 1.82) is 0 Å². The van der Waals surface area contributed by atoms with Crippen molar-refractivity contribution in [2.75, 3.05) is 12.4 Å². The minimum Gasteiger partial charge on any atom is -0.490 e. The molecule has 1 fully saturated rings. The third kappa shape index (κ3) is 1.75. The lowest BCUT2D eigenvalue weighted by molar-refractivity contribution is 0.406. The number of nitrogens with one attached hydrogen (secondary N) is 1. The average Bonchev–Trinajstić information content (AvgIpc) is 2.11. The Labute approximate surface area is 87.7 Å². The number of aromatic nitrogens is 2. The number of methoxy groups -OCH3 is 1. The van der Waals surface area contributed by atoms with Gasteiger partial charge in [0.2, 0.25) is 0 Å². The molecule has 1 saturated carbocycles. The topological polar surface area (TPSA) is 47.0 Å². The molecule has 2 rings (SSSR count). The Morgan fingerprint density at radius 3 is 2.86 bits per heavy atom. The summed E-state index contributed by atoms with van der Waals surface area (Å²) < 4.78 is 5.13. The van der Waals surface area contributed by atoms with E-state index >= 15 is 0 Å². The number of rotatable bonds is 3. The van der Waals surface area contributed by atoms with Gasteiger partial charge in [-0.2, -0.15) is 0 Å². The first kappa shape index (κ1) is 9.52. The minimum absolute atomic E-state index is 0.351. The molecule has 1 N–H and O–H groups in total. The van der Waals surface area contributed by atoms with Crippen molar-refractivity contribution in [2.24, 2.45) is 0 Å². The van der Waals surface area contributed by atoms with Crippen LogP contribution in [0.1, 0.15) is 19.3 Å². The Hall–Kier alpha value is -1.03. The molecule has 0 spiro atoms. The Morgan fingerprint density at radius 1 is 1.50 bits per heavy atom. The van der Waals surface area contributed by atoms with Gasteiger partial charge < -0.3 is 10.1 Å². The van der Waals surface area contributed by atoms with Crippen molar-refractivity contribution >= 4 is 17.4 Å². The molecule has 0 amide bonds. The molecule has 1 aromatic heterocycles. The molecule has 4 nitrogen and oxygen atoms in total. The Bertz CT molecular complexity index is 328. The molecule has 0 unspecified atom stereocenters. The van der Waals surface area contributed by atoms with Gasteiger partial charge in [-0.3, -0.25) is 0 Å². The van der Waals surface area contributed by atoms with Crippen LogP contribution in [0.25, 0.3) is 0 Å². The summed E-state index contributed by atoms with van der Waals surface area (Å²) in [5.41, 5.74) is 0. The monoisotopic (exact) mass is 213 g/mol. The van der Waals surface area contributed by atoms with Gasteiger partial charge in [-0.25, -0.2) is 9.97 Å². The standard InChI is InChI=1S/C9H12ClN3O/c1-14-7-8(10)11-5-12-9(7)13-6-3-2-4-6/h5-6H,2-4H2,1H3,(H,11,12,13). The van der Waals surface area contributed by atoms with Gasteiger partial charge in [-0.1, -0.05) is 11.6 Å². The Balaban J connectivity index is 2.17. The van der Waals surface area contributed by atoms with Crippen LogP contribution in [0.15, 0.2) is 6.33 Å². The molecule has 0 atom stereocenters. The van der Waals surface area contributed by atoms with Gasteiger partial charge in [-0.15, -0.1) is 0 Å². The second kappa shape index (κ2) is 4.00. The maximum absolute atomic E-state index is 5.86. The highest BCUT2D eigenvalue weighted by Crippen LogP contribution is 2.31. The van der Waals surface area contributed by atoms with Gasteiger partial charge in [-0.05, 0) is 19.3 Å². The molecule has 0 radical (unpaired) electrons. The van der Waals surface area contributed by atoms with Crippen molar-refractivity contribution in [3.63, 3.8) is 0 Å². The normalized spacial score (nSPS) is 16.1. The summed E-state index contributed by atoms with van der Waals surface area (Å²) in [4.78, 5) is 7.95. The van der Waals surface area contributed by atoms with E-state index < -0.39 is 0 Å². The van der Waals surface area contributed by atoms with Gasteiger partial charge in [0.15, 0.2) is 16.7 Å². The fraction of sp³-hybridized carbons (Fsp3) is 0.556. The van der Waals surface area contributed by atoms with Gasteiger partial charge >= 0.3 is 0 Å². The molecule has 1 heterocycles. The first-order valence-corrected chi connectivity index (χ1v) is 5.00. The summed E-state index contributed by atoms with van der Waals surface area (Å²) in [5, 5.41) is 3.63. The lowest BCUT2D eigenvalue weighted by atomic mass is 9.93. The summed E-state index contributed by atoms with van der Waals surface area (Å²) in [6.45, 7) is 0. The number of halogens is 1. The van der Waals surface area contributed by atoms with Crippen LogP contribution in [0.5, 0.6) is 5.75 Å². The second-order valence-corrected chi connectivity index (χ2v) is 3.68. The van der Waals surface area contributed by atoms with Crippen LogP contribution in [0.3, 0.4) is 0 Å². The van der Waals surface area contributed by atoms with E-state index in [0.29, 0.717) is 22.8 Å². The zero-order valence-corrected chi connectivity index (χ0v) is 8.71. The largest absolute Gasteiger partial charge is 0.490 e. The summed E-state index contributed by atoms with van der Waals surface area (Å²) in [6.07, 6.45) is 5.08. The van der Waals surface area contributed by atoms with E-state index in [4.69, 9.17) is 16.3 Å². The molecule has 1 aromatic rings. The van der Waals surface area contributed by atoms with Gasteiger partial charge in [0.1, 0.15) is 6.33 Å². The maximum atomic E-state index is 5.86. The predicted molar refractivity (Wildman–Crippen MR) is 54.9 cm³/mol. The van der Waals surface area contributed by atoms with E-state index in [1.54, 1.807) is 7.11 Å². The molecular formula is C9H12ClN3O. The van der Waals surface area contributed by atoms with E-state index in [0.717, 1.165) is 0 Å². The molecule has 0 aliphatic heterocycles. The van der Waals surface area contributed by atoms with Crippen molar-refractivity contribution < 1.29 is 4.74 Å². The first-order valence-electron chi connectivity index (χ1n) is 4.62. The van der Waals surface area contributed by atoms with Crippen LogP contribution in [-0.2, 0) is 0 Å². The van der Waals surface area contributed by atoms with Crippen LogP contribution >= 0.6 is 11.6 Å². The molecule has 14 heavy (non-hydrogen) atoms. The summed E-state index contributed by atoms with van der Waals surface area (Å²) in [5.74, 6) is 1.22. The number of hydrogen-bond acceptors (Lipinski definition) is 4. The predicted octanol–water partition coefficient (Wildman–Crippen LogP) is 2.10. The van der Waals surface area contributed by atoms with Crippen molar-refractivity contribution in [3.05, 3.63) is 11.5 Å². The number of ether oxygens (including phenoxy) is 1. The molecule has 0 aromatic carbocycles. The summed E-state index contributed by atoms with van der Waals surface area (Å²) >= 11 is 5.86. The van der Waals surface area contributed by atoms with Crippen LogP contribution in [0.2, 0.25) is 5.15 Å². The fourth-order valence-corrected chi connectivity index (χ4v) is 1.59. The van der Waals surface area contributed by atoms with Crippen LogP contribution < -0.4 is 10.1 Å². The van der Waals surface area contributed by atoms with E-state index in [1.165, 1.54) is 25.6 Å². The molecule has 0 bridgehead atoms. The summed E-state index contributed by atoms with van der Waals surface area (Å²) in [7, 11) is 1.57. The Kier molecular flexibility index (Phi) is 2.72. The van der Waals surface area contributed by atoms with Gasteiger partial charge in [0.05, 0.1) is 7.11 Å². The smallest absolute Gasteiger partial charge is 0.198 e. The highest BCUT2D eigenvalue weighted by Gasteiger charge is 2.20. The quantitative estimate of drug-likeness (QED) is 0.782. The lowest BCUT2D eigenvalue weighted by Gasteiger charge is -2.27. The molecular weight excluding hydrogens is 202 g/mol.